The number of carbonyl (C=O) groups is 1. The van der Waals surface area contributed by atoms with E-state index in [0.717, 1.165) is 28.8 Å². The Morgan fingerprint density at radius 2 is 1.85 bits per heavy atom. The summed E-state index contributed by atoms with van der Waals surface area (Å²) < 4.78 is 23.9. The number of aryl methyl sites for hydroxylation is 1. The molecule has 0 radical (unpaired) electrons. The molecule has 1 aliphatic heterocycles. The Morgan fingerprint density at radius 3 is 2.61 bits per heavy atom. The van der Waals surface area contributed by atoms with E-state index in [1.54, 1.807) is 24.3 Å². The summed E-state index contributed by atoms with van der Waals surface area (Å²) in [6.07, 6.45) is 1.56. The lowest BCUT2D eigenvalue weighted by molar-refractivity contribution is -0.121. The summed E-state index contributed by atoms with van der Waals surface area (Å²) in [5.41, 5.74) is 13.3. The molecule has 3 aromatic rings. The minimum Gasteiger partial charge on any atom is -0.384 e. The van der Waals surface area contributed by atoms with E-state index in [-0.39, 0.29) is 16.6 Å². The molecule has 4 rings (SSSR count). The molecule has 0 saturated carbocycles. The van der Waals surface area contributed by atoms with E-state index in [1.165, 1.54) is 6.07 Å². The minimum atomic E-state index is -3.85. The number of nitrogens with zero attached hydrogens (tertiary/aromatic N) is 1. The molecule has 3 aromatic carbocycles. The Hall–Kier alpha value is -3.69. The third kappa shape index (κ3) is 5.05. The van der Waals surface area contributed by atoms with Gasteiger partial charge in [-0.25, -0.2) is 13.6 Å². The van der Waals surface area contributed by atoms with Crippen molar-refractivity contribution in [3.05, 3.63) is 83.4 Å². The lowest BCUT2D eigenvalue weighted by Gasteiger charge is -2.21. The fraction of sp³-hybridized carbons (Fsp3) is 0.167. The second-order valence-electron chi connectivity index (χ2n) is 7.94. The second-order valence-corrected chi connectivity index (χ2v) is 9.47. The summed E-state index contributed by atoms with van der Waals surface area (Å²) in [5.74, 6) is -0.110. The van der Waals surface area contributed by atoms with Crippen LogP contribution in [-0.2, 0) is 27.7 Å². The summed E-state index contributed by atoms with van der Waals surface area (Å²) in [6, 6.07) is 19.6. The molecule has 9 heteroatoms. The maximum atomic E-state index is 12.5. The van der Waals surface area contributed by atoms with Crippen molar-refractivity contribution in [1.29, 1.82) is 5.41 Å². The van der Waals surface area contributed by atoms with Crippen LogP contribution in [0.1, 0.15) is 23.1 Å². The number of nitrogens with two attached hydrogens (primary N) is 2. The largest absolute Gasteiger partial charge is 0.384 e. The van der Waals surface area contributed by atoms with E-state index in [2.05, 4.69) is 5.43 Å². The van der Waals surface area contributed by atoms with Crippen LogP contribution >= 0.6 is 0 Å². The fourth-order valence-corrected chi connectivity index (χ4v) is 4.76. The van der Waals surface area contributed by atoms with Gasteiger partial charge in [-0.2, -0.15) is 0 Å². The van der Waals surface area contributed by atoms with E-state index in [4.69, 9.17) is 16.3 Å². The number of hydrazine groups is 1. The first-order valence-electron chi connectivity index (χ1n) is 10.5. The molecule has 0 fully saturated rings. The van der Waals surface area contributed by atoms with Crippen LogP contribution in [-0.4, -0.2) is 26.7 Å². The maximum Gasteiger partial charge on any atom is 0.238 e. The molecule has 0 saturated heterocycles. The van der Waals surface area contributed by atoms with Crippen molar-refractivity contribution in [2.45, 2.75) is 24.2 Å². The number of amides is 1. The monoisotopic (exact) mass is 463 g/mol. The molecular formula is C24H25N5O3S. The first-order valence-corrected chi connectivity index (χ1v) is 12.0. The zero-order valence-electron chi connectivity index (χ0n) is 17.9. The number of amidine groups is 1. The second kappa shape index (κ2) is 9.05. The molecule has 0 atom stereocenters. The number of nitrogens with one attached hydrogen (secondary N) is 2. The average Bonchev–Trinajstić information content (AvgIpc) is 3.19. The zero-order chi connectivity index (χ0) is 23.6. The Balaban J connectivity index is 1.45. The number of hydrogen-bond donors (Lipinski definition) is 4. The fourth-order valence-electron chi connectivity index (χ4n) is 4.00. The van der Waals surface area contributed by atoms with E-state index >= 15 is 0 Å². The highest BCUT2D eigenvalue weighted by atomic mass is 32.2. The molecule has 170 valence electrons. The molecule has 1 heterocycles. The number of carbonyl (C=O) groups excluding carboxylic acids is 1. The highest BCUT2D eigenvalue weighted by molar-refractivity contribution is 7.89. The van der Waals surface area contributed by atoms with Gasteiger partial charge < -0.3 is 5.73 Å². The van der Waals surface area contributed by atoms with Gasteiger partial charge in [-0.1, -0.05) is 42.5 Å². The molecule has 0 aromatic heterocycles. The number of hydrogen-bond acceptors (Lipinski definition) is 5. The molecule has 8 nitrogen and oxygen atoms in total. The van der Waals surface area contributed by atoms with E-state index < -0.39 is 10.0 Å². The Morgan fingerprint density at radius 1 is 1.06 bits per heavy atom. The quantitative estimate of drug-likeness (QED) is 0.314. The van der Waals surface area contributed by atoms with Gasteiger partial charge in [0.2, 0.25) is 15.9 Å². The van der Waals surface area contributed by atoms with Crippen molar-refractivity contribution in [3.63, 3.8) is 0 Å². The summed E-state index contributed by atoms with van der Waals surface area (Å²) >= 11 is 0. The smallest absolute Gasteiger partial charge is 0.238 e. The molecule has 1 amide bonds. The van der Waals surface area contributed by atoms with Gasteiger partial charge in [0.1, 0.15) is 5.84 Å². The number of anilines is 1. The third-order valence-corrected chi connectivity index (χ3v) is 6.59. The number of nitrogen functional groups attached to an aromatic ring is 1. The van der Waals surface area contributed by atoms with Crippen LogP contribution in [0.3, 0.4) is 0 Å². The van der Waals surface area contributed by atoms with Gasteiger partial charge in [-0.3, -0.25) is 20.6 Å². The van der Waals surface area contributed by atoms with Crippen molar-refractivity contribution in [2.75, 3.05) is 11.6 Å². The molecular weight excluding hydrogens is 438 g/mol. The SMILES string of the molecule is N=C(N)c1cccc(CCC(=O)NN2CCc3cc(-c4ccccc4S(N)(=O)=O)ccc32)c1. The van der Waals surface area contributed by atoms with Crippen LogP contribution in [0.15, 0.2) is 71.6 Å². The minimum absolute atomic E-state index is 0.000954. The predicted molar refractivity (Wildman–Crippen MR) is 128 cm³/mol. The van der Waals surface area contributed by atoms with Gasteiger partial charge in [0.15, 0.2) is 0 Å². The van der Waals surface area contributed by atoms with Crippen LogP contribution < -0.4 is 21.3 Å². The number of sulfonamides is 1. The highest BCUT2D eigenvalue weighted by Gasteiger charge is 2.22. The van der Waals surface area contributed by atoms with Crippen LogP contribution in [0, 0.1) is 5.41 Å². The number of fused-ring (bicyclic) bond motifs is 1. The lowest BCUT2D eigenvalue weighted by atomic mass is 10.0. The van der Waals surface area contributed by atoms with Gasteiger partial charge in [0.05, 0.1) is 10.6 Å². The van der Waals surface area contributed by atoms with Gasteiger partial charge in [-0.05, 0) is 53.8 Å². The Labute approximate surface area is 192 Å². The van der Waals surface area contributed by atoms with E-state index in [1.807, 2.05) is 41.4 Å². The molecule has 0 aliphatic carbocycles. The molecule has 6 N–H and O–H groups in total. The van der Waals surface area contributed by atoms with Crippen LogP contribution in [0.2, 0.25) is 0 Å². The van der Waals surface area contributed by atoms with E-state index in [9.17, 15) is 13.2 Å². The third-order valence-electron chi connectivity index (χ3n) is 5.62. The van der Waals surface area contributed by atoms with Gasteiger partial charge in [-0.15, -0.1) is 0 Å². The molecule has 1 aliphatic rings. The number of primary sulfonamides is 1. The molecule has 0 bridgehead atoms. The number of rotatable bonds is 7. The Kier molecular flexibility index (Phi) is 6.17. The Bertz CT molecular complexity index is 1340. The van der Waals surface area contributed by atoms with Crippen LogP contribution in [0.25, 0.3) is 11.1 Å². The lowest BCUT2D eigenvalue weighted by Crippen LogP contribution is -2.41. The highest BCUT2D eigenvalue weighted by Crippen LogP contribution is 2.33. The van der Waals surface area contributed by atoms with Gasteiger partial charge in [0.25, 0.3) is 0 Å². The summed E-state index contributed by atoms with van der Waals surface area (Å²) in [6.45, 7) is 0.626. The van der Waals surface area contributed by atoms with E-state index in [0.29, 0.717) is 30.5 Å². The zero-order valence-corrected chi connectivity index (χ0v) is 18.7. The van der Waals surface area contributed by atoms with Crippen LogP contribution in [0.5, 0.6) is 0 Å². The normalized spacial score (nSPS) is 12.9. The standard InChI is InChI=1S/C24H25N5O3S/c25-24(26)19-5-3-4-16(14-19)8-11-23(30)28-29-13-12-18-15-17(9-10-21(18)29)20-6-1-2-7-22(20)33(27,31)32/h1-7,9-10,14-15H,8,11-13H2,(H3,25,26)(H,28,30)(H2,27,31,32). The van der Waals surface area contributed by atoms with Crippen LogP contribution in [0.4, 0.5) is 5.69 Å². The summed E-state index contributed by atoms with van der Waals surface area (Å²) in [5, 5.41) is 14.7. The summed E-state index contributed by atoms with van der Waals surface area (Å²) in [7, 11) is -3.85. The molecule has 33 heavy (non-hydrogen) atoms. The van der Waals surface area contributed by atoms with Crippen molar-refractivity contribution >= 4 is 27.5 Å². The van der Waals surface area contributed by atoms with Gasteiger partial charge in [0, 0.05) is 24.1 Å². The summed E-state index contributed by atoms with van der Waals surface area (Å²) in [4.78, 5) is 12.6. The van der Waals surface area contributed by atoms with Crippen molar-refractivity contribution < 1.29 is 13.2 Å². The topological polar surface area (TPSA) is 142 Å². The average molecular weight is 464 g/mol. The molecule has 0 spiro atoms. The van der Waals surface area contributed by atoms with Gasteiger partial charge >= 0.3 is 0 Å². The first-order chi connectivity index (χ1) is 15.7. The maximum absolute atomic E-state index is 12.5. The van der Waals surface area contributed by atoms with Crippen molar-refractivity contribution in [3.8, 4) is 11.1 Å². The van der Waals surface area contributed by atoms with Crippen molar-refractivity contribution in [1.82, 2.24) is 5.43 Å². The van der Waals surface area contributed by atoms with Crippen molar-refractivity contribution in [2.24, 2.45) is 10.9 Å². The first kappa shape index (κ1) is 22.5. The molecule has 0 unspecified atom stereocenters. The number of benzene rings is 3. The predicted octanol–water partition coefficient (Wildman–Crippen LogP) is 2.31.